The Morgan fingerprint density at radius 3 is 1.58 bits per heavy atom. The Labute approximate surface area is 265 Å². The van der Waals surface area contributed by atoms with Crippen LogP contribution in [-0.2, 0) is 20.1 Å². The van der Waals surface area contributed by atoms with Crippen molar-refractivity contribution in [2.75, 3.05) is 0 Å². The number of pyridine rings is 2. The van der Waals surface area contributed by atoms with E-state index in [9.17, 15) is 8.78 Å². The zero-order chi connectivity index (χ0) is 29.6. The van der Waals surface area contributed by atoms with E-state index in [2.05, 4.69) is 55.9 Å². The molecule has 0 amide bonds. The maximum atomic E-state index is 13.0. The van der Waals surface area contributed by atoms with Gasteiger partial charge >= 0.3 is 0 Å². The van der Waals surface area contributed by atoms with Gasteiger partial charge in [0, 0.05) is 38.1 Å². The van der Waals surface area contributed by atoms with Gasteiger partial charge in [0.05, 0.1) is 5.69 Å². The Morgan fingerprint density at radius 2 is 1.00 bits per heavy atom. The summed E-state index contributed by atoms with van der Waals surface area (Å²) in [6, 6.07) is 34.4. The van der Waals surface area contributed by atoms with Crippen molar-refractivity contribution in [1.29, 1.82) is 0 Å². The Balaban J connectivity index is 0.000000192. The van der Waals surface area contributed by atoms with Crippen LogP contribution in [0, 0.1) is 45.4 Å². The minimum Gasteiger partial charge on any atom is -0.304 e. The van der Waals surface area contributed by atoms with Crippen molar-refractivity contribution in [1.82, 2.24) is 9.97 Å². The number of aryl methyl sites for hydroxylation is 2. The normalized spacial score (nSPS) is 10.4. The van der Waals surface area contributed by atoms with E-state index in [4.69, 9.17) is 0 Å². The maximum Gasteiger partial charge on any atom is 0.123 e. The average molecular weight is 746 g/mol. The molecule has 4 aromatic carbocycles. The molecule has 0 atom stereocenters. The fourth-order valence-corrected chi connectivity index (χ4v) is 4.74. The van der Waals surface area contributed by atoms with Crippen LogP contribution in [0.25, 0.3) is 44.8 Å². The first kappa shape index (κ1) is 31.6. The molecule has 0 N–H and O–H groups in total. The molecular weight excluding hydrogens is 715 g/mol. The molecule has 0 aliphatic rings. The van der Waals surface area contributed by atoms with Crippen LogP contribution in [0.5, 0.6) is 0 Å². The number of rotatable bonds is 4. The van der Waals surface area contributed by atoms with Gasteiger partial charge in [0.25, 0.3) is 0 Å². The van der Waals surface area contributed by atoms with Crippen LogP contribution in [0.4, 0.5) is 8.78 Å². The number of benzene rings is 4. The summed E-state index contributed by atoms with van der Waals surface area (Å²) in [7, 11) is 0. The predicted molar refractivity (Wildman–Crippen MR) is 168 cm³/mol. The number of halogens is 2. The van der Waals surface area contributed by atoms with E-state index in [0.717, 1.165) is 50.3 Å². The second-order valence-electron chi connectivity index (χ2n) is 10.3. The number of aromatic nitrogens is 2. The quantitative estimate of drug-likeness (QED) is 0.168. The summed E-state index contributed by atoms with van der Waals surface area (Å²) in [4.78, 5) is 8.97. The number of nitrogens with zero attached hydrogens (tertiary/aromatic N) is 2. The van der Waals surface area contributed by atoms with Gasteiger partial charge in [-0.25, -0.2) is 8.78 Å². The van der Waals surface area contributed by atoms with Crippen LogP contribution < -0.4 is 0 Å². The maximum absolute atomic E-state index is 13.0. The summed E-state index contributed by atoms with van der Waals surface area (Å²) in [5.41, 5.74) is 12.8. The molecule has 0 aliphatic heterocycles. The van der Waals surface area contributed by atoms with E-state index in [1.54, 1.807) is 24.3 Å². The first-order valence-electron chi connectivity index (χ1n) is 13.8. The van der Waals surface area contributed by atoms with Crippen molar-refractivity contribution in [2.24, 2.45) is 0 Å². The molecule has 0 saturated carbocycles. The van der Waals surface area contributed by atoms with Crippen LogP contribution in [0.2, 0.25) is 0 Å². The molecule has 0 aliphatic carbocycles. The zero-order valence-electron chi connectivity index (χ0n) is 24.5. The van der Waals surface area contributed by atoms with Crippen molar-refractivity contribution in [2.45, 2.75) is 27.7 Å². The molecule has 6 aromatic rings. The second-order valence-corrected chi connectivity index (χ2v) is 10.3. The Bertz CT molecular complexity index is 1700. The van der Waals surface area contributed by atoms with E-state index in [0.29, 0.717) is 0 Å². The molecule has 43 heavy (non-hydrogen) atoms. The first-order chi connectivity index (χ1) is 20.3. The average Bonchev–Trinajstić information content (AvgIpc) is 3.01. The van der Waals surface area contributed by atoms with Gasteiger partial charge in [0.15, 0.2) is 0 Å². The van der Waals surface area contributed by atoms with Crippen LogP contribution in [0.1, 0.15) is 22.3 Å². The van der Waals surface area contributed by atoms with Crippen LogP contribution in [0.3, 0.4) is 0 Å². The predicted octanol–water partition coefficient (Wildman–Crippen LogP) is 10.1. The van der Waals surface area contributed by atoms with Gasteiger partial charge < -0.3 is 4.98 Å². The van der Waals surface area contributed by atoms with E-state index in [-0.39, 0.29) is 31.7 Å². The number of hydrogen-bond donors (Lipinski definition) is 0. The molecule has 0 saturated heterocycles. The van der Waals surface area contributed by atoms with Gasteiger partial charge in [0.1, 0.15) is 11.6 Å². The Morgan fingerprint density at radius 1 is 0.512 bits per heavy atom. The van der Waals surface area contributed by atoms with Gasteiger partial charge in [-0.05, 0) is 104 Å². The van der Waals surface area contributed by atoms with Gasteiger partial charge in [-0.1, -0.05) is 53.6 Å². The summed E-state index contributed by atoms with van der Waals surface area (Å²) in [5, 5.41) is 0. The summed E-state index contributed by atoms with van der Waals surface area (Å²) < 4.78 is 26.1. The van der Waals surface area contributed by atoms with Crippen molar-refractivity contribution in [3.05, 3.63) is 155 Å². The molecule has 0 bridgehead atoms. The van der Waals surface area contributed by atoms with Crippen molar-refractivity contribution in [3.63, 3.8) is 0 Å². The summed E-state index contributed by atoms with van der Waals surface area (Å²) in [6.45, 7) is 8.31. The number of hydrogen-bond acceptors (Lipinski definition) is 2. The van der Waals surface area contributed by atoms with Crippen molar-refractivity contribution < 1.29 is 28.9 Å². The van der Waals surface area contributed by atoms with E-state index >= 15 is 0 Å². The second kappa shape index (κ2) is 14.2. The molecule has 5 heteroatoms. The molecule has 217 valence electrons. The Hall–Kier alpha value is -4.31. The smallest absolute Gasteiger partial charge is 0.123 e. The van der Waals surface area contributed by atoms with E-state index < -0.39 is 0 Å². The fourth-order valence-electron chi connectivity index (χ4n) is 4.74. The first-order valence-corrected chi connectivity index (χ1v) is 13.8. The SMILES string of the molecule is Cc1ccnc(-c2[c-]ccc(-c3ccc(F)cc3)c2)c1C.Cc1ccnc(-c2cccc(-c3ccc(F)cc3)c2)c1C.[Ir]. The van der Waals surface area contributed by atoms with Crippen LogP contribution in [-0.4, -0.2) is 9.97 Å². The summed E-state index contributed by atoms with van der Waals surface area (Å²) in [6.07, 6.45) is 3.65. The van der Waals surface area contributed by atoms with Crippen LogP contribution >= 0.6 is 0 Å². The van der Waals surface area contributed by atoms with E-state index in [1.165, 1.54) is 41.0 Å². The van der Waals surface area contributed by atoms with Crippen molar-refractivity contribution in [3.8, 4) is 44.8 Å². The third kappa shape index (κ3) is 7.56. The third-order valence-electron chi connectivity index (χ3n) is 7.50. The standard InChI is InChI=1S/C19H16FN.C19H15FN.Ir/c2*1-13-10-11-21-19(14(13)2)17-5-3-4-16(12-17)15-6-8-18(20)9-7-15;/h3-12H,1-2H3;3-4,6-12H,1-2H3;/q;-1;. The molecule has 2 heterocycles. The van der Waals surface area contributed by atoms with Gasteiger partial charge in [-0.3, -0.25) is 4.98 Å². The molecule has 2 aromatic heterocycles. The van der Waals surface area contributed by atoms with Crippen LogP contribution in [0.15, 0.2) is 116 Å². The molecule has 0 fully saturated rings. The van der Waals surface area contributed by atoms with E-state index in [1.807, 2.05) is 54.9 Å². The summed E-state index contributed by atoms with van der Waals surface area (Å²) in [5.74, 6) is -0.441. The molecule has 2 nitrogen and oxygen atoms in total. The molecule has 1 radical (unpaired) electrons. The molecule has 6 rings (SSSR count). The monoisotopic (exact) mass is 746 g/mol. The molecular formula is C38H31F2IrN2-. The van der Waals surface area contributed by atoms with Gasteiger partial charge in [-0.2, -0.15) is 0 Å². The topological polar surface area (TPSA) is 25.8 Å². The van der Waals surface area contributed by atoms with Gasteiger partial charge in [0.2, 0.25) is 0 Å². The zero-order valence-corrected chi connectivity index (χ0v) is 26.8. The minimum atomic E-state index is -0.224. The van der Waals surface area contributed by atoms with Gasteiger partial charge in [-0.15, -0.1) is 35.4 Å². The molecule has 0 unspecified atom stereocenters. The Kier molecular flexibility index (Phi) is 10.5. The minimum absolute atomic E-state index is 0. The fraction of sp³-hybridized carbons (Fsp3) is 0.105. The third-order valence-corrected chi connectivity index (χ3v) is 7.50. The summed E-state index contributed by atoms with van der Waals surface area (Å²) >= 11 is 0. The molecule has 0 spiro atoms. The van der Waals surface area contributed by atoms with Crippen molar-refractivity contribution >= 4 is 0 Å². The largest absolute Gasteiger partial charge is 0.304 e.